The van der Waals surface area contributed by atoms with E-state index in [-0.39, 0.29) is 5.91 Å². The van der Waals surface area contributed by atoms with Crippen molar-refractivity contribution in [2.75, 3.05) is 11.7 Å². The number of rotatable bonds is 5. The lowest BCUT2D eigenvalue weighted by atomic mass is 10.1. The number of carbonyl (C=O) groups is 1. The van der Waals surface area contributed by atoms with Crippen LogP contribution in [0.15, 0.2) is 42.7 Å². The molecule has 20 heavy (non-hydrogen) atoms. The fourth-order valence-electron chi connectivity index (χ4n) is 1.59. The lowest BCUT2D eigenvalue weighted by Crippen LogP contribution is -2.30. The summed E-state index contributed by atoms with van der Waals surface area (Å²) in [5.41, 5.74) is 6.47. The first-order valence-corrected chi connectivity index (χ1v) is 7.60. The van der Waals surface area contributed by atoms with Gasteiger partial charge in [0.2, 0.25) is 5.95 Å². The third kappa shape index (κ3) is 4.13. The maximum absolute atomic E-state index is 12.0. The number of anilines is 1. The second kappa shape index (κ2) is 6.76. The lowest BCUT2D eigenvalue weighted by Gasteiger charge is -2.07. The van der Waals surface area contributed by atoms with Crippen LogP contribution in [0.2, 0.25) is 0 Å². The van der Waals surface area contributed by atoms with Crippen LogP contribution in [-0.4, -0.2) is 26.3 Å². The van der Waals surface area contributed by atoms with E-state index in [0.29, 0.717) is 17.3 Å². The molecule has 6 nitrogen and oxygen atoms in total. The Hall–Kier alpha value is -2.28. The van der Waals surface area contributed by atoms with Gasteiger partial charge in [-0.1, -0.05) is 12.1 Å². The van der Waals surface area contributed by atoms with Crippen molar-refractivity contribution in [3.63, 3.8) is 0 Å². The Balaban J connectivity index is 2.00. The van der Waals surface area contributed by atoms with Gasteiger partial charge in [-0.2, -0.15) is 0 Å². The van der Waals surface area contributed by atoms with Crippen LogP contribution in [0.3, 0.4) is 0 Å². The summed E-state index contributed by atoms with van der Waals surface area (Å²) >= 11 is 0. The van der Waals surface area contributed by atoms with E-state index in [1.165, 1.54) is 0 Å². The van der Waals surface area contributed by atoms with Crippen LogP contribution in [0.5, 0.6) is 0 Å². The number of hydrogen-bond acceptors (Lipinski definition) is 5. The van der Waals surface area contributed by atoms with Crippen molar-refractivity contribution in [3.8, 4) is 0 Å². The number of nitrogens with zero attached hydrogens (tertiary/aromatic N) is 2. The standard InChI is InChI=1S/C13H14N4O2S/c1-20(19)9-10-4-2-5-11(8-10)12(18)16-17-13-14-6-3-7-15-13/h2-8H,9H2,1H3,(H,16,18)(H,14,15,17)/t20-/m0/s1. The molecule has 0 bridgehead atoms. The minimum Gasteiger partial charge on any atom is -0.267 e. The Labute approximate surface area is 119 Å². The Morgan fingerprint density at radius 2 is 2.00 bits per heavy atom. The maximum Gasteiger partial charge on any atom is 0.269 e. The zero-order chi connectivity index (χ0) is 14.4. The first kappa shape index (κ1) is 14.1. The summed E-state index contributed by atoms with van der Waals surface area (Å²) in [4.78, 5) is 19.8. The topological polar surface area (TPSA) is 84.0 Å². The quantitative estimate of drug-likeness (QED) is 0.806. The van der Waals surface area contributed by atoms with Crippen LogP contribution < -0.4 is 10.9 Å². The van der Waals surface area contributed by atoms with Gasteiger partial charge in [0.05, 0.1) is 0 Å². The van der Waals surface area contributed by atoms with Gasteiger partial charge in [-0.25, -0.2) is 9.97 Å². The van der Waals surface area contributed by atoms with E-state index in [1.807, 2.05) is 6.07 Å². The molecule has 2 aromatic rings. The van der Waals surface area contributed by atoms with Gasteiger partial charge >= 0.3 is 0 Å². The highest BCUT2D eigenvalue weighted by atomic mass is 32.2. The second-order valence-corrected chi connectivity index (χ2v) is 5.50. The normalized spacial score (nSPS) is 11.7. The number of hydrazine groups is 1. The molecule has 0 aliphatic rings. The summed E-state index contributed by atoms with van der Waals surface area (Å²) in [6, 6.07) is 8.68. The van der Waals surface area contributed by atoms with Gasteiger partial charge in [0.15, 0.2) is 0 Å². The first-order chi connectivity index (χ1) is 9.65. The van der Waals surface area contributed by atoms with E-state index in [2.05, 4.69) is 20.8 Å². The molecule has 0 fully saturated rings. The molecule has 1 amide bonds. The monoisotopic (exact) mass is 290 g/mol. The Bertz CT molecular complexity index is 619. The number of nitrogens with one attached hydrogen (secondary N) is 2. The smallest absolute Gasteiger partial charge is 0.267 e. The third-order valence-electron chi connectivity index (χ3n) is 2.41. The van der Waals surface area contributed by atoms with E-state index in [1.54, 1.807) is 42.9 Å². The maximum atomic E-state index is 12.0. The molecule has 2 N–H and O–H groups in total. The van der Waals surface area contributed by atoms with Crippen LogP contribution in [0, 0.1) is 0 Å². The molecule has 0 radical (unpaired) electrons. The number of amides is 1. The Morgan fingerprint density at radius 3 is 2.70 bits per heavy atom. The van der Waals surface area contributed by atoms with Crippen molar-refractivity contribution in [3.05, 3.63) is 53.9 Å². The van der Waals surface area contributed by atoms with Crippen molar-refractivity contribution in [2.24, 2.45) is 0 Å². The van der Waals surface area contributed by atoms with Crippen molar-refractivity contribution in [2.45, 2.75) is 5.75 Å². The predicted molar refractivity (Wildman–Crippen MR) is 77.3 cm³/mol. The SMILES string of the molecule is C[S@](=O)Cc1cccc(C(=O)NNc2ncccn2)c1. The fourth-order valence-corrected chi connectivity index (χ4v) is 2.23. The van der Waals surface area contributed by atoms with E-state index in [4.69, 9.17) is 0 Å². The molecule has 0 saturated carbocycles. The second-order valence-electron chi connectivity index (χ2n) is 4.07. The molecular formula is C13H14N4O2S. The number of benzene rings is 1. The van der Waals surface area contributed by atoms with Crippen LogP contribution in [0.25, 0.3) is 0 Å². The van der Waals surface area contributed by atoms with Gasteiger partial charge < -0.3 is 0 Å². The molecule has 0 aliphatic carbocycles. The highest BCUT2D eigenvalue weighted by Crippen LogP contribution is 2.07. The Kier molecular flexibility index (Phi) is 4.78. The van der Waals surface area contributed by atoms with Crippen molar-refractivity contribution in [1.82, 2.24) is 15.4 Å². The zero-order valence-electron chi connectivity index (χ0n) is 10.9. The minimum atomic E-state index is -0.939. The average Bonchev–Trinajstić information content (AvgIpc) is 2.45. The largest absolute Gasteiger partial charge is 0.269 e. The van der Waals surface area contributed by atoms with Crippen LogP contribution in [-0.2, 0) is 16.6 Å². The van der Waals surface area contributed by atoms with Crippen molar-refractivity contribution < 1.29 is 9.00 Å². The van der Waals surface area contributed by atoms with E-state index in [9.17, 15) is 9.00 Å². The summed E-state index contributed by atoms with van der Waals surface area (Å²) in [5, 5.41) is 0. The molecular weight excluding hydrogens is 276 g/mol. The number of carbonyl (C=O) groups excluding carboxylic acids is 1. The van der Waals surface area contributed by atoms with E-state index < -0.39 is 10.8 Å². The number of hydrogen-bond donors (Lipinski definition) is 2. The van der Waals surface area contributed by atoms with Crippen LogP contribution in [0.4, 0.5) is 5.95 Å². The predicted octanol–water partition coefficient (Wildman–Crippen LogP) is 1.11. The molecule has 1 atom stereocenters. The van der Waals surface area contributed by atoms with Gasteiger partial charge in [0.1, 0.15) is 0 Å². The molecule has 1 aromatic carbocycles. The third-order valence-corrected chi connectivity index (χ3v) is 3.15. The van der Waals surface area contributed by atoms with Gasteiger partial charge in [-0.3, -0.25) is 19.9 Å². The van der Waals surface area contributed by atoms with Gasteiger partial charge in [0.25, 0.3) is 5.91 Å². The van der Waals surface area contributed by atoms with Gasteiger partial charge in [0, 0.05) is 40.8 Å². The average molecular weight is 290 g/mol. The van der Waals surface area contributed by atoms with Crippen LogP contribution in [0.1, 0.15) is 15.9 Å². The lowest BCUT2D eigenvalue weighted by molar-refractivity contribution is 0.0962. The summed E-state index contributed by atoms with van der Waals surface area (Å²) in [5.74, 6) is 0.434. The van der Waals surface area contributed by atoms with Gasteiger partial charge in [-0.15, -0.1) is 0 Å². The fraction of sp³-hybridized carbons (Fsp3) is 0.154. The van der Waals surface area contributed by atoms with Crippen LogP contribution >= 0.6 is 0 Å². The highest BCUT2D eigenvalue weighted by molar-refractivity contribution is 7.83. The molecule has 0 spiro atoms. The van der Waals surface area contributed by atoms with Gasteiger partial charge in [-0.05, 0) is 23.8 Å². The minimum absolute atomic E-state index is 0.304. The molecule has 0 saturated heterocycles. The zero-order valence-corrected chi connectivity index (χ0v) is 11.7. The number of aromatic nitrogens is 2. The summed E-state index contributed by atoms with van der Waals surface area (Å²) < 4.78 is 11.2. The molecule has 0 aliphatic heterocycles. The summed E-state index contributed by atoms with van der Waals surface area (Å²) in [6.07, 6.45) is 4.76. The van der Waals surface area contributed by atoms with Crippen molar-refractivity contribution >= 4 is 22.7 Å². The molecule has 7 heteroatoms. The summed E-state index contributed by atoms with van der Waals surface area (Å²) in [6.45, 7) is 0. The summed E-state index contributed by atoms with van der Waals surface area (Å²) in [7, 11) is -0.939. The first-order valence-electron chi connectivity index (χ1n) is 5.87. The molecule has 1 aromatic heterocycles. The Morgan fingerprint density at radius 1 is 1.25 bits per heavy atom. The van der Waals surface area contributed by atoms with E-state index in [0.717, 1.165) is 5.56 Å². The molecule has 0 unspecified atom stereocenters. The highest BCUT2D eigenvalue weighted by Gasteiger charge is 2.07. The van der Waals surface area contributed by atoms with E-state index >= 15 is 0 Å². The molecule has 2 rings (SSSR count). The van der Waals surface area contributed by atoms with Crippen molar-refractivity contribution in [1.29, 1.82) is 0 Å². The molecule has 104 valence electrons. The molecule has 1 heterocycles.